The Bertz CT molecular complexity index is 898. The van der Waals surface area contributed by atoms with Crippen molar-refractivity contribution in [2.45, 2.75) is 39.0 Å². The molecule has 2 N–H and O–H groups in total. The maximum Gasteiger partial charge on any atom is 0.168 e. The number of ketones is 1. The van der Waals surface area contributed by atoms with E-state index in [-0.39, 0.29) is 35.2 Å². The summed E-state index contributed by atoms with van der Waals surface area (Å²) in [6, 6.07) is 15.2. The number of rotatable bonds is 7. The van der Waals surface area contributed by atoms with Crippen LogP contribution in [0.1, 0.15) is 43.7 Å². The lowest BCUT2D eigenvalue weighted by atomic mass is 9.79. The minimum Gasteiger partial charge on any atom is -0.511 e. The van der Waals surface area contributed by atoms with Crippen LogP contribution in [0.5, 0.6) is 11.5 Å². The molecular formula is C24H27NO4. The predicted molar refractivity (Wildman–Crippen MR) is 113 cm³/mol. The Labute approximate surface area is 171 Å². The third kappa shape index (κ3) is 4.86. The van der Waals surface area contributed by atoms with Crippen molar-refractivity contribution in [3.05, 3.63) is 71.0 Å². The van der Waals surface area contributed by atoms with Crippen LogP contribution in [0, 0.1) is 5.41 Å². The summed E-state index contributed by atoms with van der Waals surface area (Å²) in [6.07, 6.45) is 0.924. The minimum atomic E-state index is -0.177. The first kappa shape index (κ1) is 20.6. The van der Waals surface area contributed by atoms with Gasteiger partial charge in [0.25, 0.3) is 0 Å². The van der Waals surface area contributed by atoms with Crippen LogP contribution in [0.2, 0.25) is 0 Å². The molecule has 3 rings (SSSR count). The predicted octanol–water partition coefficient (Wildman–Crippen LogP) is 5.01. The number of hydrogen-bond acceptors (Lipinski definition) is 5. The normalized spacial score (nSPS) is 18.5. The van der Waals surface area contributed by atoms with Crippen LogP contribution in [0.4, 0.5) is 0 Å². The summed E-state index contributed by atoms with van der Waals surface area (Å²) in [6.45, 7) is 4.83. The largest absolute Gasteiger partial charge is 0.511 e. The Morgan fingerprint density at radius 3 is 2.38 bits per heavy atom. The van der Waals surface area contributed by atoms with Crippen molar-refractivity contribution >= 4 is 11.5 Å². The zero-order valence-electron chi connectivity index (χ0n) is 16.9. The highest BCUT2D eigenvalue weighted by Gasteiger charge is 2.31. The van der Waals surface area contributed by atoms with Gasteiger partial charge in [-0.25, -0.2) is 0 Å². The van der Waals surface area contributed by atoms with Crippen molar-refractivity contribution in [1.82, 2.24) is 0 Å². The molecule has 0 heterocycles. The molecular weight excluding hydrogens is 366 g/mol. The van der Waals surface area contributed by atoms with E-state index in [4.69, 9.17) is 14.9 Å². The van der Waals surface area contributed by atoms with E-state index in [0.717, 1.165) is 11.1 Å². The highest BCUT2D eigenvalue weighted by atomic mass is 16.5. The second kappa shape index (κ2) is 9.41. The molecule has 0 spiro atoms. The Morgan fingerprint density at radius 1 is 1.03 bits per heavy atom. The summed E-state index contributed by atoms with van der Waals surface area (Å²) in [7, 11) is 0. The van der Waals surface area contributed by atoms with E-state index in [1.807, 2.05) is 56.3 Å². The van der Waals surface area contributed by atoms with E-state index < -0.39 is 0 Å². The maximum absolute atomic E-state index is 12.7. The fraction of sp³-hybridized carbons (Fsp3) is 0.333. The molecule has 1 aliphatic carbocycles. The van der Waals surface area contributed by atoms with Crippen LogP contribution in [0.15, 0.2) is 59.9 Å². The van der Waals surface area contributed by atoms with Crippen molar-refractivity contribution in [3.8, 4) is 11.5 Å². The third-order valence-electron chi connectivity index (χ3n) is 5.00. The summed E-state index contributed by atoms with van der Waals surface area (Å²) in [4.78, 5) is 12.7. The number of ether oxygens (including phenoxy) is 2. The number of nitrogens with one attached hydrogen (secondary N) is 1. The van der Waals surface area contributed by atoms with E-state index in [0.29, 0.717) is 37.6 Å². The fourth-order valence-electron chi connectivity index (χ4n) is 3.70. The van der Waals surface area contributed by atoms with Gasteiger partial charge in [0.1, 0.15) is 5.76 Å². The molecule has 0 radical (unpaired) electrons. The van der Waals surface area contributed by atoms with E-state index in [9.17, 15) is 9.90 Å². The van der Waals surface area contributed by atoms with Crippen LogP contribution in [0.25, 0.3) is 0 Å². The number of benzene rings is 2. The number of aliphatic hydroxyl groups is 1. The third-order valence-corrected chi connectivity index (χ3v) is 5.00. The monoisotopic (exact) mass is 393 g/mol. The number of carbonyl (C=O) groups excluding carboxylic acids is 1. The highest BCUT2D eigenvalue weighted by molar-refractivity contribution is 6.23. The summed E-state index contributed by atoms with van der Waals surface area (Å²) in [5.74, 6) is 1.01. The Morgan fingerprint density at radius 2 is 1.72 bits per heavy atom. The van der Waals surface area contributed by atoms with Gasteiger partial charge in [-0.05, 0) is 49.4 Å². The molecule has 0 aliphatic heterocycles. The zero-order chi connectivity index (χ0) is 20.8. The van der Waals surface area contributed by atoms with Gasteiger partial charge in [0.2, 0.25) is 0 Å². The van der Waals surface area contributed by atoms with Gasteiger partial charge in [-0.15, -0.1) is 0 Å². The lowest BCUT2D eigenvalue weighted by Gasteiger charge is -2.25. The molecule has 0 aromatic heterocycles. The van der Waals surface area contributed by atoms with E-state index >= 15 is 0 Å². The SMILES string of the molecule is CCOc1ccc(C/C(O)=C2\C(=N)CC(c3ccccc3)CC2=O)cc1OCC. The molecule has 1 unspecified atom stereocenters. The summed E-state index contributed by atoms with van der Waals surface area (Å²) in [5, 5.41) is 19.0. The van der Waals surface area contributed by atoms with Crippen molar-refractivity contribution in [1.29, 1.82) is 5.41 Å². The molecule has 5 nitrogen and oxygen atoms in total. The van der Waals surface area contributed by atoms with Crippen molar-refractivity contribution in [2.24, 2.45) is 0 Å². The Hall–Kier alpha value is -3.08. The van der Waals surface area contributed by atoms with Gasteiger partial charge in [0.15, 0.2) is 17.3 Å². The number of allylic oxidation sites excluding steroid dienone is 2. The van der Waals surface area contributed by atoms with Gasteiger partial charge in [0.05, 0.1) is 18.8 Å². The molecule has 1 fully saturated rings. The molecule has 0 bridgehead atoms. The van der Waals surface area contributed by atoms with E-state index in [1.54, 1.807) is 6.07 Å². The average Bonchev–Trinajstić information content (AvgIpc) is 2.70. The number of hydrogen-bond donors (Lipinski definition) is 2. The topological polar surface area (TPSA) is 79.6 Å². The molecule has 29 heavy (non-hydrogen) atoms. The van der Waals surface area contributed by atoms with Crippen LogP contribution in [-0.2, 0) is 11.2 Å². The quantitative estimate of drug-likeness (QED) is 0.512. The molecule has 0 saturated heterocycles. The molecule has 1 atom stereocenters. The second-order valence-corrected chi connectivity index (χ2v) is 7.06. The minimum absolute atomic E-state index is 0.0113. The molecule has 2 aromatic carbocycles. The zero-order valence-corrected chi connectivity index (χ0v) is 16.9. The lowest BCUT2D eigenvalue weighted by Crippen LogP contribution is -2.26. The fourth-order valence-corrected chi connectivity index (χ4v) is 3.70. The first-order valence-corrected chi connectivity index (χ1v) is 10.00. The van der Waals surface area contributed by atoms with Crippen LogP contribution in [-0.4, -0.2) is 29.8 Å². The van der Waals surface area contributed by atoms with Crippen molar-refractivity contribution in [2.75, 3.05) is 13.2 Å². The first-order chi connectivity index (χ1) is 14.0. The average molecular weight is 393 g/mol. The highest BCUT2D eigenvalue weighted by Crippen LogP contribution is 2.34. The second-order valence-electron chi connectivity index (χ2n) is 7.06. The summed E-state index contributed by atoms with van der Waals surface area (Å²) >= 11 is 0. The van der Waals surface area contributed by atoms with Gasteiger partial charge in [-0.3, -0.25) is 4.79 Å². The standard InChI is InChI=1S/C24H27NO4/c1-3-28-22-11-10-16(13-23(22)29-4-2)12-20(26)24-19(25)14-18(15-21(24)27)17-8-6-5-7-9-17/h5-11,13,18,25-26H,3-4,12,14-15H2,1-2H3/b24-20-,25-19?. The van der Waals surface area contributed by atoms with E-state index in [2.05, 4.69) is 0 Å². The van der Waals surface area contributed by atoms with Gasteiger partial charge in [0, 0.05) is 18.6 Å². The van der Waals surface area contributed by atoms with Gasteiger partial charge >= 0.3 is 0 Å². The molecule has 1 saturated carbocycles. The molecule has 0 amide bonds. The van der Waals surface area contributed by atoms with Gasteiger partial charge < -0.3 is 20.0 Å². The Kier molecular flexibility index (Phi) is 6.70. The van der Waals surface area contributed by atoms with Crippen LogP contribution >= 0.6 is 0 Å². The van der Waals surface area contributed by atoms with Crippen LogP contribution in [0.3, 0.4) is 0 Å². The number of aliphatic hydroxyl groups excluding tert-OH is 1. The molecule has 2 aromatic rings. The summed E-state index contributed by atoms with van der Waals surface area (Å²) < 4.78 is 11.2. The smallest absolute Gasteiger partial charge is 0.168 e. The summed E-state index contributed by atoms with van der Waals surface area (Å²) in [5.41, 5.74) is 2.21. The van der Waals surface area contributed by atoms with E-state index in [1.165, 1.54) is 0 Å². The molecule has 1 aliphatic rings. The van der Waals surface area contributed by atoms with Crippen molar-refractivity contribution < 1.29 is 19.4 Å². The Balaban J connectivity index is 1.80. The van der Waals surface area contributed by atoms with Gasteiger partial charge in [-0.1, -0.05) is 36.4 Å². The molecule has 5 heteroatoms. The maximum atomic E-state index is 12.7. The van der Waals surface area contributed by atoms with Crippen LogP contribution < -0.4 is 9.47 Å². The number of carbonyl (C=O) groups is 1. The number of Topliss-reactive ketones (excluding diaryl/α,β-unsaturated/α-hetero) is 1. The molecule has 152 valence electrons. The van der Waals surface area contributed by atoms with Gasteiger partial charge in [-0.2, -0.15) is 0 Å². The van der Waals surface area contributed by atoms with Crippen molar-refractivity contribution in [3.63, 3.8) is 0 Å². The lowest BCUT2D eigenvalue weighted by molar-refractivity contribution is -0.115. The first-order valence-electron chi connectivity index (χ1n) is 10.00.